The van der Waals surface area contributed by atoms with Gasteiger partial charge in [0.25, 0.3) is 0 Å². The number of thioether (sulfide) groups is 1. The predicted molar refractivity (Wildman–Crippen MR) is 88.2 cm³/mol. The molecule has 20 heavy (non-hydrogen) atoms. The SMILES string of the molecule is CCNC(C)(CCCSc1cccc(Br)c1)C(=O)OC. The van der Waals surface area contributed by atoms with Gasteiger partial charge >= 0.3 is 5.97 Å². The Labute approximate surface area is 134 Å². The molecular formula is C15H22BrNO2S. The largest absolute Gasteiger partial charge is 0.468 e. The van der Waals surface area contributed by atoms with Gasteiger partial charge in [-0.05, 0) is 50.3 Å². The topological polar surface area (TPSA) is 38.3 Å². The monoisotopic (exact) mass is 359 g/mol. The Morgan fingerprint density at radius 1 is 1.50 bits per heavy atom. The first-order valence-corrected chi connectivity index (χ1v) is 8.51. The van der Waals surface area contributed by atoms with Crippen molar-refractivity contribution >= 4 is 33.7 Å². The van der Waals surface area contributed by atoms with E-state index in [0.29, 0.717) is 0 Å². The van der Waals surface area contributed by atoms with Crippen LogP contribution in [0.4, 0.5) is 0 Å². The number of benzene rings is 1. The lowest BCUT2D eigenvalue weighted by Crippen LogP contribution is -2.50. The second-order valence-electron chi connectivity index (χ2n) is 4.76. The smallest absolute Gasteiger partial charge is 0.325 e. The van der Waals surface area contributed by atoms with Gasteiger partial charge in [0.05, 0.1) is 7.11 Å². The predicted octanol–water partition coefficient (Wildman–Crippen LogP) is 3.86. The molecule has 0 spiro atoms. The van der Waals surface area contributed by atoms with Crippen LogP contribution in [0.15, 0.2) is 33.6 Å². The van der Waals surface area contributed by atoms with Crippen LogP contribution < -0.4 is 5.32 Å². The number of esters is 1. The Bertz CT molecular complexity index is 442. The van der Waals surface area contributed by atoms with Crippen molar-refractivity contribution in [1.29, 1.82) is 0 Å². The molecule has 0 aliphatic heterocycles. The molecule has 0 saturated carbocycles. The number of carbonyl (C=O) groups excluding carboxylic acids is 1. The molecule has 0 bridgehead atoms. The summed E-state index contributed by atoms with van der Waals surface area (Å²) in [6.07, 6.45) is 1.73. The molecular weight excluding hydrogens is 338 g/mol. The zero-order valence-electron chi connectivity index (χ0n) is 12.2. The molecule has 0 radical (unpaired) electrons. The maximum absolute atomic E-state index is 11.8. The van der Waals surface area contributed by atoms with Crippen molar-refractivity contribution in [3.05, 3.63) is 28.7 Å². The summed E-state index contributed by atoms with van der Waals surface area (Å²) in [6, 6.07) is 8.25. The minimum atomic E-state index is -0.582. The van der Waals surface area contributed by atoms with Gasteiger partial charge in [-0.1, -0.05) is 28.9 Å². The minimum Gasteiger partial charge on any atom is -0.468 e. The summed E-state index contributed by atoms with van der Waals surface area (Å²) in [5.74, 6) is 0.792. The number of rotatable bonds is 8. The molecule has 0 aromatic heterocycles. The molecule has 0 saturated heterocycles. The Hall–Kier alpha value is -0.520. The van der Waals surface area contributed by atoms with Crippen molar-refractivity contribution in [2.45, 2.75) is 37.1 Å². The van der Waals surface area contributed by atoms with E-state index in [-0.39, 0.29) is 5.97 Å². The summed E-state index contributed by atoms with van der Waals surface area (Å²) in [6.45, 7) is 4.66. The molecule has 0 amide bonds. The summed E-state index contributed by atoms with van der Waals surface area (Å²) in [5, 5.41) is 3.23. The van der Waals surface area contributed by atoms with Gasteiger partial charge in [0.2, 0.25) is 0 Å². The number of hydrogen-bond acceptors (Lipinski definition) is 4. The third kappa shape index (κ3) is 5.46. The van der Waals surface area contributed by atoms with E-state index in [9.17, 15) is 4.79 Å². The van der Waals surface area contributed by atoms with E-state index in [2.05, 4.69) is 33.4 Å². The average Bonchev–Trinajstić information content (AvgIpc) is 2.43. The number of carbonyl (C=O) groups is 1. The highest BCUT2D eigenvalue weighted by Crippen LogP contribution is 2.24. The van der Waals surface area contributed by atoms with Gasteiger partial charge in [0, 0.05) is 9.37 Å². The second kappa shape index (κ2) is 8.70. The molecule has 1 atom stereocenters. The van der Waals surface area contributed by atoms with Crippen LogP contribution in [0, 0.1) is 0 Å². The standard InChI is InChI=1S/C15H22BrNO2S/c1-4-17-15(2,14(18)19-3)9-6-10-20-13-8-5-7-12(16)11-13/h5,7-8,11,17H,4,6,9-10H2,1-3H3. The van der Waals surface area contributed by atoms with Crippen LogP contribution in [0.1, 0.15) is 26.7 Å². The molecule has 1 aromatic rings. The molecule has 5 heteroatoms. The van der Waals surface area contributed by atoms with Crippen molar-refractivity contribution in [2.75, 3.05) is 19.4 Å². The van der Waals surface area contributed by atoms with Gasteiger partial charge in [0.15, 0.2) is 0 Å². The van der Waals surface area contributed by atoms with Crippen LogP contribution in [0.25, 0.3) is 0 Å². The van der Waals surface area contributed by atoms with Gasteiger partial charge in [-0.25, -0.2) is 0 Å². The maximum atomic E-state index is 11.8. The zero-order chi connectivity index (χ0) is 15.0. The summed E-state index contributed by atoms with van der Waals surface area (Å²) in [5.41, 5.74) is -0.582. The van der Waals surface area contributed by atoms with Gasteiger partial charge in [-0.15, -0.1) is 11.8 Å². The Kier molecular flexibility index (Phi) is 7.62. The summed E-state index contributed by atoms with van der Waals surface area (Å²) >= 11 is 5.27. The van der Waals surface area contributed by atoms with E-state index in [0.717, 1.165) is 29.6 Å². The molecule has 0 aliphatic rings. The van der Waals surface area contributed by atoms with Crippen molar-refractivity contribution in [1.82, 2.24) is 5.32 Å². The van der Waals surface area contributed by atoms with Crippen molar-refractivity contribution in [3.63, 3.8) is 0 Å². The van der Waals surface area contributed by atoms with Gasteiger partial charge < -0.3 is 10.1 Å². The molecule has 112 valence electrons. The number of ether oxygens (including phenoxy) is 1. The van der Waals surface area contributed by atoms with E-state index in [1.807, 2.05) is 26.0 Å². The van der Waals surface area contributed by atoms with Gasteiger partial charge in [-0.2, -0.15) is 0 Å². The summed E-state index contributed by atoms with van der Waals surface area (Å²) < 4.78 is 5.98. The maximum Gasteiger partial charge on any atom is 0.325 e. The highest BCUT2D eigenvalue weighted by molar-refractivity contribution is 9.10. The second-order valence-corrected chi connectivity index (χ2v) is 6.85. The number of hydrogen-bond donors (Lipinski definition) is 1. The lowest BCUT2D eigenvalue weighted by molar-refractivity contribution is -0.148. The van der Waals surface area contributed by atoms with Crippen molar-refractivity contribution in [2.24, 2.45) is 0 Å². The lowest BCUT2D eigenvalue weighted by atomic mass is 9.96. The molecule has 0 fully saturated rings. The van der Waals surface area contributed by atoms with Crippen LogP contribution in [-0.4, -0.2) is 30.9 Å². The average molecular weight is 360 g/mol. The fraction of sp³-hybridized carbons (Fsp3) is 0.533. The van der Waals surface area contributed by atoms with E-state index in [4.69, 9.17) is 4.74 Å². The highest BCUT2D eigenvalue weighted by Gasteiger charge is 2.32. The van der Waals surface area contributed by atoms with Gasteiger partial charge in [0.1, 0.15) is 5.54 Å². The number of nitrogens with one attached hydrogen (secondary N) is 1. The molecule has 1 aromatic carbocycles. The fourth-order valence-corrected chi connectivity index (χ4v) is 3.51. The van der Waals surface area contributed by atoms with E-state index in [1.54, 1.807) is 11.8 Å². The number of methoxy groups -OCH3 is 1. The quantitative estimate of drug-likeness (QED) is 0.434. The Morgan fingerprint density at radius 3 is 2.85 bits per heavy atom. The first-order chi connectivity index (χ1) is 9.51. The van der Waals surface area contributed by atoms with Crippen LogP contribution >= 0.6 is 27.7 Å². The van der Waals surface area contributed by atoms with Crippen LogP contribution in [0.2, 0.25) is 0 Å². The van der Waals surface area contributed by atoms with E-state index in [1.165, 1.54) is 12.0 Å². The Morgan fingerprint density at radius 2 is 2.25 bits per heavy atom. The molecule has 1 N–H and O–H groups in total. The first kappa shape index (κ1) is 17.5. The molecule has 1 rings (SSSR count). The first-order valence-electron chi connectivity index (χ1n) is 6.73. The fourth-order valence-electron chi connectivity index (χ4n) is 2.05. The molecule has 0 heterocycles. The molecule has 1 unspecified atom stereocenters. The third-order valence-corrected chi connectivity index (χ3v) is 4.66. The van der Waals surface area contributed by atoms with Crippen LogP contribution in [-0.2, 0) is 9.53 Å². The van der Waals surface area contributed by atoms with Crippen molar-refractivity contribution in [3.8, 4) is 0 Å². The lowest BCUT2D eigenvalue weighted by Gasteiger charge is -2.27. The summed E-state index contributed by atoms with van der Waals surface area (Å²) in [4.78, 5) is 13.1. The summed E-state index contributed by atoms with van der Waals surface area (Å²) in [7, 11) is 1.44. The zero-order valence-corrected chi connectivity index (χ0v) is 14.6. The Balaban J connectivity index is 2.43. The minimum absolute atomic E-state index is 0.188. The number of halogens is 1. The third-order valence-electron chi connectivity index (χ3n) is 3.09. The van der Waals surface area contributed by atoms with Crippen molar-refractivity contribution < 1.29 is 9.53 Å². The molecule has 3 nitrogen and oxygen atoms in total. The molecule has 0 aliphatic carbocycles. The van der Waals surface area contributed by atoms with Gasteiger partial charge in [-0.3, -0.25) is 4.79 Å². The van der Waals surface area contributed by atoms with Crippen LogP contribution in [0.5, 0.6) is 0 Å². The van der Waals surface area contributed by atoms with Crippen LogP contribution in [0.3, 0.4) is 0 Å². The normalized spacial score (nSPS) is 13.8. The highest BCUT2D eigenvalue weighted by atomic mass is 79.9. The number of likely N-dealkylation sites (N-methyl/N-ethyl adjacent to an activating group) is 1. The van der Waals surface area contributed by atoms with E-state index >= 15 is 0 Å². The van der Waals surface area contributed by atoms with E-state index < -0.39 is 5.54 Å².